The number of piperazine rings is 2. The molecule has 4 aliphatic heterocycles. The number of rotatable bonds is 11. The molecule has 75 heavy (non-hydrogen) atoms. The van der Waals surface area contributed by atoms with Gasteiger partial charge in [0.15, 0.2) is 11.6 Å². The lowest BCUT2D eigenvalue weighted by Crippen LogP contribution is -2.49. The number of nitrogens with two attached hydrogens (primary N) is 2. The number of nitrogens with zero attached hydrogens (tertiary/aromatic N) is 10. The van der Waals surface area contributed by atoms with Gasteiger partial charge in [-0.3, -0.25) is 37.9 Å². The Morgan fingerprint density at radius 2 is 1.11 bits per heavy atom. The van der Waals surface area contributed by atoms with E-state index in [0.717, 1.165) is 65.4 Å². The minimum Gasteiger partial charge on any atom is -0.382 e. The second-order valence-electron chi connectivity index (χ2n) is 19.4. The predicted molar refractivity (Wildman–Crippen MR) is 283 cm³/mol. The molecule has 18 heteroatoms. The number of hydrogen-bond donors (Lipinski definition) is 4. The van der Waals surface area contributed by atoms with Crippen molar-refractivity contribution in [3.63, 3.8) is 0 Å². The van der Waals surface area contributed by atoms with E-state index in [-0.39, 0.29) is 72.5 Å². The summed E-state index contributed by atoms with van der Waals surface area (Å²) in [6, 6.07) is 22.2. The zero-order chi connectivity index (χ0) is 52.1. The number of carbonyl (C=O) groups excluding carboxylic acids is 4. The fourth-order valence-electron chi connectivity index (χ4n) is 11.3. The molecule has 0 aliphatic carbocycles. The van der Waals surface area contributed by atoms with Crippen LogP contribution in [-0.2, 0) is 22.4 Å². The molecule has 6 N–H and O–H groups in total. The van der Waals surface area contributed by atoms with E-state index in [2.05, 4.69) is 49.0 Å². The molecule has 0 spiro atoms. The number of nitrogens with one attached hydrogen (secondary N) is 2. The quantitative estimate of drug-likeness (QED) is 0.0697. The number of fused-ring (bicyclic) bond motifs is 6. The van der Waals surface area contributed by atoms with Gasteiger partial charge in [-0.15, -0.1) is 0 Å². The molecule has 10 heterocycles. The Bertz CT molecular complexity index is 3650. The van der Waals surface area contributed by atoms with Gasteiger partial charge < -0.3 is 31.9 Å². The SMILES string of the molecule is C=CC(=O)N1C2CN[C@@H](C2)C1c1nc(-c2ccc(C(=O)Cc3cc(C)ccn3)cc2)c2c(N)nccn12.CC#CC(=O)N1C2CN[C@@H](C2)C1c1nc(-c2ccc(C(=O)Cc3cc(C)ccn3)cc2)c2c(N)nccn12. The van der Waals surface area contributed by atoms with E-state index in [4.69, 9.17) is 21.4 Å². The molecule has 2 aromatic carbocycles. The summed E-state index contributed by atoms with van der Waals surface area (Å²) in [6.45, 7) is 10.8. The third-order valence-electron chi connectivity index (χ3n) is 14.7. The topological polar surface area (TPSA) is 237 Å². The van der Waals surface area contributed by atoms with Crippen LogP contribution in [-0.4, -0.2) is 109 Å². The first-order valence-electron chi connectivity index (χ1n) is 24.9. The molecule has 4 aliphatic rings. The Labute approximate surface area is 432 Å². The minimum absolute atomic E-state index is 0.00662. The number of likely N-dealkylation sites (tertiary alicyclic amines) is 2. The van der Waals surface area contributed by atoms with Crippen LogP contribution in [0.2, 0.25) is 0 Å². The molecule has 0 radical (unpaired) electrons. The number of amides is 2. The number of imidazole rings is 2. The predicted octanol–water partition coefficient (Wildman–Crippen LogP) is 5.65. The highest BCUT2D eigenvalue weighted by atomic mass is 16.2. The number of benzene rings is 2. The highest BCUT2D eigenvalue weighted by Gasteiger charge is 2.51. The Morgan fingerprint density at radius 1 is 0.653 bits per heavy atom. The first-order valence-corrected chi connectivity index (χ1v) is 24.9. The minimum atomic E-state index is -0.284. The summed E-state index contributed by atoms with van der Waals surface area (Å²) in [4.78, 5) is 82.5. The number of aryl methyl sites for hydroxylation is 2. The van der Waals surface area contributed by atoms with Crippen LogP contribution in [0.5, 0.6) is 0 Å². The van der Waals surface area contributed by atoms with Crippen LogP contribution in [0.3, 0.4) is 0 Å². The third-order valence-corrected chi connectivity index (χ3v) is 14.7. The maximum absolute atomic E-state index is 13.0. The van der Waals surface area contributed by atoms with Crippen LogP contribution in [0.4, 0.5) is 11.6 Å². The van der Waals surface area contributed by atoms with Crippen LogP contribution in [0.15, 0.2) is 123 Å². The number of nitrogen functional groups attached to an aromatic ring is 2. The van der Waals surface area contributed by atoms with E-state index >= 15 is 0 Å². The molecular formula is C57H54N14O4. The number of carbonyl (C=O) groups is 4. The molecule has 6 atom stereocenters. The van der Waals surface area contributed by atoms with E-state index < -0.39 is 0 Å². The standard InChI is InChI=1S/C29H27N7O2.C28H27N7O2/c1-3-4-24(38)36-21-15-22(33-16-21)26(36)29-34-25(27-28(30)32-11-12-35(27)29)19-7-5-18(6-8-19)23(37)14-20-13-17(2)9-10-31-20;1-3-23(37)35-20-14-21(32-15-20)25(35)28-33-24(26-27(29)31-10-11-34(26)28)18-6-4-17(5-7-18)22(36)13-19-12-16(2)8-9-30-19/h5-13,21-22,26,33H,14-16H2,1-2H3,(H2,30,32);3-12,20-21,25,32H,1,13-15H2,2H3,(H2,29,31)/t21?,22-,26?;20?,21-,25?/m00/s1. The lowest BCUT2D eigenvalue weighted by atomic mass is 10.0. The highest BCUT2D eigenvalue weighted by Crippen LogP contribution is 2.43. The van der Waals surface area contributed by atoms with Gasteiger partial charge >= 0.3 is 0 Å². The Balaban J connectivity index is 0.000000161. The molecule has 4 unspecified atom stereocenters. The highest BCUT2D eigenvalue weighted by molar-refractivity contribution is 5.99. The summed E-state index contributed by atoms with van der Waals surface area (Å²) in [7, 11) is 0. The van der Waals surface area contributed by atoms with Gasteiger partial charge in [-0.05, 0) is 81.0 Å². The summed E-state index contributed by atoms with van der Waals surface area (Å²) in [5.74, 6) is 7.24. The Morgan fingerprint density at radius 3 is 1.55 bits per heavy atom. The number of hydrogen-bond acceptors (Lipinski definition) is 14. The lowest BCUT2D eigenvalue weighted by molar-refractivity contribution is -0.130. The molecule has 18 nitrogen and oxygen atoms in total. The van der Waals surface area contributed by atoms with E-state index in [1.165, 1.54) is 6.08 Å². The number of Topliss-reactive ketones (excluding diaryl/α,β-unsaturated/α-hetero) is 2. The van der Waals surface area contributed by atoms with Gasteiger partial charge in [0.2, 0.25) is 5.91 Å². The molecule has 2 amide bonds. The lowest BCUT2D eigenvalue weighted by Gasteiger charge is -2.34. The van der Waals surface area contributed by atoms with Gasteiger partial charge in [-0.25, -0.2) is 19.9 Å². The molecule has 4 fully saturated rings. The fourth-order valence-corrected chi connectivity index (χ4v) is 11.3. The average molecular weight is 999 g/mol. The van der Waals surface area contributed by atoms with Crippen LogP contribution >= 0.6 is 0 Å². The number of pyridine rings is 2. The van der Waals surface area contributed by atoms with Crippen molar-refractivity contribution in [2.45, 2.75) is 82.7 Å². The van der Waals surface area contributed by atoms with Gasteiger partial charge in [-0.1, -0.05) is 61.0 Å². The van der Waals surface area contributed by atoms with Crippen LogP contribution in [0, 0.1) is 25.7 Å². The van der Waals surface area contributed by atoms with Gasteiger partial charge in [-0.2, -0.15) is 0 Å². The van der Waals surface area contributed by atoms with E-state index in [0.29, 0.717) is 51.0 Å². The smallest absolute Gasteiger partial charge is 0.299 e. The van der Waals surface area contributed by atoms with Gasteiger partial charge in [0, 0.05) is 108 Å². The van der Waals surface area contributed by atoms with E-state index in [1.54, 1.807) is 56.0 Å². The van der Waals surface area contributed by atoms with Crippen molar-refractivity contribution in [1.29, 1.82) is 0 Å². The van der Waals surface area contributed by atoms with Crippen molar-refractivity contribution < 1.29 is 19.2 Å². The summed E-state index contributed by atoms with van der Waals surface area (Å²) in [6.07, 6.45) is 13.9. The summed E-state index contributed by atoms with van der Waals surface area (Å²) in [5.41, 5.74) is 21.8. The van der Waals surface area contributed by atoms with E-state index in [1.807, 2.05) is 93.4 Å². The third kappa shape index (κ3) is 8.95. The maximum atomic E-state index is 13.0. The van der Waals surface area contributed by atoms with Crippen molar-refractivity contribution in [2.24, 2.45) is 0 Å². The summed E-state index contributed by atoms with van der Waals surface area (Å²) < 4.78 is 3.85. The average Bonchev–Trinajstić information content (AvgIpc) is 4.34. The van der Waals surface area contributed by atoms with Gasteiger partial charge in [0.25, 0.3) is 5.91 Å². The van der Waals surface area contributed by atoms with Crippen LogP contribution in [0.25, 0.3) is 33.5 Å². The summed E-state index contributed by atoms with van der Waals surface area (Å²) in [5, 5.41) is 7.03. The maximum Gasteiger partial charge on any atom is 0.299 e. The van der Waals surface area contributed by atoms with Crippen molar-refractivity contribution in [3.8, 4) is 34.4 Å². The molecular weight excluding hydrogens is 945 g/mol. The summed E-state index contributed by atoms with van der Waals surface area (Å²) >= 11 is 0. The molecule has 376 valence electrons. The Kier molecular flexibility index (Phi) is 12.8. The van der Waals surface area contributed by atoms with Crippen molar-refractivity contribution >= 4 is 46.0 Å². The first kappa shape index (κ1) is 48.4. The monoisotopic (exact) mass is 998 g/mol. The molecule has 6 aromatic heterocycles. The second-order valence-corrected chi connectivity index (χ2v) is 19.4. The normalized spacial score (nSPS) is 20.2. The fraction of sp³-hybridized carbons (Fsp3) is 0.263. The largest absolute Gasteiger partial charge is 0.382 e. The second kappa shape index (κ2) is 19.8. The van der Waals surface area contributed by atoms with Crippen molar-refractivity contribution in [2.75, 3.05) is 24.6 Å². The number of ketones is 2. The number of anilines is 2. The van der Waals surface area contributed by atoms with Gasteiger partial charge in [0.1, 0.15) is 57.8 Å². The molecule has 4 saturated heterocycles. The zero-order valence-corrected chi connectivity index (χ0v) is 41.6. The Hall–Kier alpha value is -8.92. The molecule has 0 saturated carbocycles. The van der Waals surface area contributed by atoms with Crippen molar-refractivity contribution in [3.05, 3.63) is 168 Å². The molecule has 12 rings (SSSR count). The first-order chi connectivity index (χ1) is 36.4. The zero-order valence-electron chi connectivity index (χ0n) is 41.6. The van der Waals surface area contributed by atoms with Crippen LogP contribution < -0.4 is 22.1 Å². The van der Waals surface area contributed by atoms with E-state index in [9.17, 15) is 19.2 Å². The molecule has 4 bridgehead atoms. The van der Waals surface area contributed by atoms with Gasteiger partial charge in [0.05, 0.1) is 12.8 Å². The van der Waals surface area contributed by atoms with Crippen LogP contribution in [0.1, 0.15) is 86.7 Å². The number of aromatic nitrogens is 8. The van der Waals surface area contributed by atoms with Crippen molar-refractivity contribution in [1.82, 2.24) is 59.1 Å². The molecule has 8 aromatic rings.